The molecule has 24 atom stereocenters. The molecule has 8 aliphatic rings. The van der Waals surface area contributed by atoms with Crippen LogP contribution >= 0.6 is 0 Å². The summed E-state index contributed by atoms with van der Waals surface area (Å²) in [5.41, 5.74) is 1.28. The summed E-state index contributed by atoms with van der Waals surface area (Å²) in [7, 11) is 0. The molecule has 8 rings (SSSR count). The molecule has 13 nitrogen and oxygen atoms in total. The van der Waals surface area contributed by atoms with Crippen molar-refractivity contribution in [2.24, 2.45) is 93.0 Å². The molecule has 0 aromatic carbocycles. The predicted octanol–water partition coefficient (Wildman–Crippen LogP) is 3.83. The third kappa shape index (κ3) is 7.46. The van der Waals surface area contributed by atoms with Gasteiger partial charge in [-0.1, -0.05) is 84.8 Å². The molecule has 0 aromatic heterocycles. The largest absolute Gasteiger partial charge is 0.512 e. The van der Waals surface area contributed by atoms with Crippen molar-refractivity contribution < 1.29 is 60.7 Å². The Labute approximate surface area is 379 Å². The summed E-state index contributed by atoms with van der Waals surface area (Å²) in [4.78, 5) is 28.1. The number of carbonyl (C=O) groups is 2. The van der Waals surface area contributed by atoms with Crippen molar-refractivity contribution in [3.8, 4) is 0 Å². The van der Waals surface area contributed by atoms with Crippen LogP contribution in [-0.4, -0.2) is 117 Å². The lowest BCUT2D eigenvalue weighted by atomic mass is 9.35. The van der Waals surface area contributed by atoms with E-state index in [4.69, 9.17) is 5.73 Å². The summed E-state index contributed by atoms with van der Waals surface area (Å²) in [6.07, 6.45) is 7.61. The van der Waals surface area contributed by atoms with Gasteiger partial charge < -0.3 is 56.8 Å². The van der Waals surface area contributed by atoms with E-state index in [9.17, 15) is 60.7 Å². The van der Waals surface area contributed by atoms with Crippen LogP contribution in [0.25, 0.3) is 0 Å². The smallest absolute Gasteiger partial charge is 0.200 e. The highest BCUT2D eigenvalue weighted by molar-refractivity contribution is 6.04. The zero-order chi connectivity index (χ0) is 46.6. The van der Waals surface area contributed by atoms with E-state index in [1.807, 2.05) is 6.08 Å². The number of hydrogen-bond donors (Lipinski definition) is 11. The van der Waals surface area contributed by atoms with Crippen molar-refractivity contribution in [2.75, 3.05) is 0 Å². The SMILES string of the molecule is CC(O)C1C(O)C[C@]2(C)C[C@]3(C)CC4C(CCCCCCCCC5CCC(O)C6C(O)C7C(O)[C@]8(O)C(=O)C(C(N)O)=C(O)C[C@@H]8C[C@@H]7CC56)C=CC(O)C4C(=O)C3C(C)[C@]2(C)C1O. The number of ketones is 2. The van der Waals surface area contributed by atoms with Gasteiger partial charge in [0, 0.05) is 41.4 Å². The van der Waals surface area contributed by atoms with E-state index in [2.05, 4.69) is 33.8 Å². The minimum Gasteiger partial charge on any atom is -0.512 e. The summed E-state index contributed by atoms with van der Waals surface area (Å²) < 4.78 is 0. The minimum absolute atomic E-state index is 0.0271. The topological polar surface area (TPSA) is 262 Å². The monoisotopic (exact) mass is 900 g/mol. The van der Waals surface area contributed by atoms with E-state index < -0.39 is 106 Å². The van der Waals surface area contributed by atoms with Gasteiger partial charge in [-0.3, -0.25) is 9.59 Å². The van der Waals surface area contributed by atoms with Gasteiger partial charge in [0.1, 0.15) is 17.8 Å². The van der Waals surface area contributed by atoms with Crippen molar-refractivity contribution in [1.29, 1.82) is 0 Å². The standard InChI is InChI=1S/C51H81NO12/c1-24-41-43(59)39-31(21-48(41,3)23-49(4)22-35(57)36(25(2)53)44(60)50(24,49)5)27(15-17-33(39)55)13-11-9-7-6-8-10-12-26-14-16-32(54)38-30(26)19-28-18-29-20-34(56)40(47(52)63)46(62)51(29,64)45(61)37(28)42(38)58/h15,17,24-33,35-39,41-42,44-45,47,53-58,60-61,63-64H,6-14,16,18-23,52H2,1-5H3/t24?,25?,26?,27?,28-,29+,30?,31?,32?,33?,35?,36?,37?,38?,39?,41?,42?,44?,45?,47?,48+,49-,50-,51+/m1/s1. The molecule has 0 amide bonds. The molecule has 0 spiro atoms. The van der Waals surface area contributed by atoms with Crippen molar-refractivity contribution in [3.05, 3.63) is 23.5 Å². The summed E-state index contributed by atoms with van der Waals surface area (Å²) >= 11 is 0. The Hall–Kier alpha value is -1.78. The zero-order valence-corrected chi connectivity index (χ0v) is 38.9. The lowest BCUT2D eigenvalue weighted by Crippen LogP contribution is -2.70. The molecule has 0 heterocycles. The molecule has 0 aliphatic heterocycles. The van der Waals surface area contributed by atoms with Crippen LogP contribution in [0, 0.1) is 87.3 Å². The van der Waals surface area contributed by atoms with Gasteiger partial charge in [0.15, 0.2) is 5.60 Å². The van der Waals surface area contributed by atoms with Crippen LogP contribution in [-0.2, 0) is 9.59 Å². The number of hydrogen-bond acceptors (Lipinski definition) is 13. The van der Waals surface area contributed by atoms with Crippen molar-refractivity contribution in [2.45, 2.75) is 192 Å². The third-order valence-corrected chi connectivity index (χ3v) is 20.5. The number of aliphatic hydroxyl groups is 10. The van der Waals surface area contributed by atoms with Crippen LogP contribution in [0.5, 0.6) is 0 Å². The fourth-order valence-corrected chi connectivity index (χ4v) is 17.4. The van der Waals surface area contributed by atoms with Gasteiger partial charge in [-0.25, -0.2) is 0 Å². The molecule has 12 N–H and O–H groups in total. The number of aliphatic hydroxyl groups excluding tert-OH is 9. The van der Waals surface area contributed by atoms with Crippen LogP contribution in [0.15, 0.2) is 23.5 Å². The minimum atomic E-state index is -2.29. The number of allylic oxidation sites excluding steroid dienone is 2. The number of Topliss-reactive ketones (excluding diaryl/α,β-unsaturated/α-hetero) is 2. The van der Waals surface area contributed by atoms with Crippen molar-refractivity contribution in [3.63, 3.8) is 0 Å². The van der Waals surface area contributed by atoms with Crippen molar-refractivity contribution in [1.82, 2.24) is 0 Å². The molecule has 64 heavy (non-hydrogen) atoms. The molecular formula is C51H81NO12. The van der Waals surface area contributed by atoms with Crippen LogP contribution in [0.2, 0.25) is 0 Å². The van der Waals surface area contributed by atoms with E-state index in [1.165, 1.54) is 0 Å². The summed E-state index contributed by atoms with van der Waals surface area (Å²) in [5, 5.41) is 112. The molecule has 8 aliphatic carbocycles. The van der Waals surface area contributed by atoms with E-state index in [1.54, 1.807) is 6.92 Å². The maximum Gasteiger partial charge on any atom is 0.200 e. The molecule has 0 radical (unpaired) electrons. The Kier molecular flexibility index (Phi) is 13.4. The fourth-order valence-electron chi connectivity index (χ4n) is 17.4. The van der Waals surface area contributed by atoms with E-state index in [0.29, 0.717) is 38.0 Å². The Morgan fingerprint density at radius 1 is 0.812 bits per heavy atom. The van der Waals surface area contributed by atoms with Crippen LogP contribution in [0.1, 0.15) is 137 Å². The summed E-state index contributed by atoms with van der Waals surface area (Å²) in [5.74, 6) is -4.74. The molecule has 0 bridgehead atoms. The molecule has 0 aromatic rings. The number of rotatable bonds is 11. The Bertz CT molecular complexity index is 1820. The molecule has 18 unspecified atom stereocenters. The Morgan fingerprint density at radius 3 is 2.12 bits per heavy atom. The van der Waals surface area contributed by atoms with E-state index >= 15 is 0 Å². The van der Waals surface area contributed by atoms with Gasteiger partial charge in [0.2, 0.25) is 5.78 Å². The second-order valence-corrected chi connectivity index (χ2v) is 23.8. The molecule has 362 valence electrons. The average molecular weight is 900 g/mol. The van der Waals surface area contributed by atoms with E-state index in [-0.39, 0.29) is 58.9 Å². The van der Waals surface area contributed by atoms with Gasteiger partial charge >= 0.3 is 0 Å². The van der Waals surface area contributed by atoms with Crippen LogP contribution in [0.3, 0.4) is 0 Å². The Balaban J connectivity index is 0.835. The normalized spacial score (nSPS) is 52.1. The van der Waals surface area contributed by atoms with Gasteiger partial charge in [0.05, 0.1) is 54.2 Å². The highest BCUT2D eigenvalue weighted by atomic mass is 16.4. The Morgan fingerprint density at radius 2 is 1.47 bits per heavy atom. The maximum atomic E-state index is 14.7. The van der Waals surface area contributed by atoms with Crippen LogP contribution < -0.4 is 5.73 Å². The van der Waals surface area contributed by atoms with Gasteiger partial charge in [0.25, 0.3) is 0 Å². The van der Waals surface area contributed by atoms with Gasteiger partial charge in [-0.2, -0.15) is 0 Å². The number of carbonyl (C=O) groups excluding carboxylic acids is 2. The first-order valence-corrected chi connectivity index (χ1v) is 25.1. The highest BCUT2D eigenvalue weighted by Gasteiger charge is 2.71. The average Bonchev–Trinajstić information content (AvgIpc) is 3.19. The molecule has 0 saturated heterocycles. The second kappa shape index (κ2) is 17.6. The molecule has 6 fully saturated rings. The first kappa shape index (κ1) is 48.7. The van der Waals surface area contributed by atoms with E-state index in [0.717, 1.165) is 64.2 Å². The number of unbranched alkanes of at least 4 members (excludes halogenated alkanes) is 5. The molecule has 6 saturated carbocycles. The van der Waals surface area contributed by atoms with Gasteiger partial charge in [-0.15, -0.1) is 0 Å². The highest BCUT2D eigenvalue weighted by Crippen LogP contribution is 2.71. The predicted molar refractivity (Wildman–Crippen MR) is 237 cm³/mol. The molecular weight excluding hydrogens is 819 g/mol. The van der Waals surface area contributed by atoms with Gasteiger partial charge in [-0.05, 0) is 105 Å². The van der Waals surface area contributed by atoms with Crippen molar-refractivity contribution >= 4 is 11.6 Å². The third-order valence-electron chi connectivity index (χ3n) is 20.5. The zero-order valence-electron chi connectivity index (χ0n) is 38.9. The second-order valence-electron chi connectivity index (χ2n) is 23.8. The lowest BCUT2D eigenvalue weighted by molar-refractivity contribution is -0.261. The quantitative estimate of drug-likeness (QED) is 0.0802. The summed E-state index contributed by atoms with van der Waals surface area (Å²) in [6.45, 7) is 10.1. The maximum absolute atomic E-state index is 14.7. The number of nitrogens with two attached hydrogens (primary N) is 1. The lowest BCUT2D eigenvalue weighted by Gasteiger charge is -2.69. The fraction of sp³-hybridized carbons (Fsp3) is 0.882. The first-order chi connectivity index (χ1) is 30.0. The van der Waals surface area contributed by atoms with Crippen LogP contribution in [0.4, 0.5) is 0 Å². The molecule has 13 heteroatoms. The summed E-state index contributed by atoms with van der Waals surface area (Å²) in [6, 6.07) is 0. The number of fused-ring (bicyclic) bond motifs is 6. The first-order valence-electron chi connectivity index (χ1n) is 25.1.